The zero-order chi connectivity index (χ0) is 29.2. The normalized spacial score (nSPS) is 16.2. The molecule has 218 valence electrons. The number of halogens is 3. The van der Waals surface area contributed by atoms with Crippen LogP contribution in [0, 0.1) is 0 Å². The van der Waals surface area contributed by atoms with Crippen LogP contribution in [0.3, 0.4) is 0 Å². The molecule has 4 nitrogen and oxygen atoms in total. The van der Waals surface area contributed by atoms with Crippen LogP contribution >= 0.6 is 11.3 Å². The monoisotopic (exact) mass is 589 g/mol. The first-order valence-corrected chi connectivity index (χ1v) is 15.3. The summed E-state index contributed by atoms with van der Waals surface area (Å²) in [6, 6.07) is 30.1. The fourth-order valence-corrected chi connectivity index (χ4v) is 7.52. The first-order valence-electron chi connectivity index (χ1n) is 14.5. The van der Waals surface area contributed by atoms with Crippen LogP contribution in [0.15, 0.2) is 91.0 Å². The minimum Gasteiger partial charge on any atom is -0.361 e. The fraction of sp³-hybridized carbons (Fsp3) is 0.324. The van der Waals surface area contributed by atoms with E-state index in [1.807, 2.05) is 65.9 Å². The zero-order valence-corrected chi connectivity index (χ0v) is 24.2. The number of hydrogen-bond acceptors (Lipinski definition) is 4. The molecule has 1 saturated heterocycles. The predicted molar refractivity (Wildman–Crippen MR) is 164 cm³/mol. The maximum atomic E-state index is 13.7. The van der Waals surface area contributed by atoms with Gasteiger partial charge in [-0.3, -0.25) is 9.69 Å². The van der Waals surface area contributed by atoms with Gasteiger partial charge in [0.2, 0.25) is 5.91 Å². The SMILES string of the molecule is O=C(NCC(F)(F)F)C1(CCCCN2CCN(c3ccc(-c4ccccc4)s3)CC2)c2ccccc2-c2ccccc21. The Bertz CT molecular complexity index is 1480. The van der Waals surface area contributed by atoms with E-state index in [-0.39, 0.29) is 0 Å². The van der Waals surface area contributed by atoms with Gasteiger partial charge < -0.3 is 10.2 Å². The Morgan fingerprint density at radius 2 is 1.40 bits per heavy atom. The number of fused-ring (bicyclic) bond motifs is 3. The average molecular weight is 590 g/mol. The van der Waals surface area contributed by atoms with Crippen LogP contribution in [0.1, 0.15) is 30.4 Å². The van der Waals surface area contributed by atoms with Gasteiger partial charge in [0, 0.05) is 31.1 Å². The highest BCUT2D eigenvalue weighted by atomic mass is 32.1. The molecule has 4 aromatic rings. The lowest BCUT2D eigenvalue weighted by Gasteiger charge is -2.35. The summed E-state index contributed by atoms with van der Waals surface area (Å²) >= 11 is 1.82. The minimum absolute atomic E-state index is 0.460. The van der Waals surface area contributed by atoms with Crippen molar-refractivity contribution < 1.29 is 18.0 Å². The molecule has 0 radical (unpaired) electrons. The second kappa shape index (κ2) is 11.9. The average Bonchev–Trinajstić information content (AvgIpc) is 3.61. The van der Waals surface area contributed by atoms with Gasteiger partial charge in [0.1, 0.15) is 12.0 Å². The number of carbonyl (C=O) groups is 1. The van der Waals surface area contributed by atoms with Crippen molar-refractivity contribution >= 4 is 22.2 Å². The molecule has 6 rings (SSSR count). The summed E-state index contributed by atoms with van der Waals surface area (Å²) in [5.74, 6) is -0.573. The van der Waals surface area contributed by atoms with E-state index in [0.717, 1.165) is 67.8 Å². The number of amides is 1. The van der Waals surface area contributed by atoms with Gasteiger partial charge in [-0.05, 0) is 59.3 Å². The third kappa shape index (κ3) is 5.70. The van der Waals surface area contributed by atoms with Crippen molar-refractivity contribution in [1.82, 2.24) is 10.2 Å². The number of benzene rings is 3. The molecule has 0 saturated carbocycles. The van der Waals surface area contributed by atoms with Crippen LogP contribution in [0.2, 0.25) is 0 Å². The molecule has 1 N–H and O–H groups in total. The predicted octanol–water partition coefficient (Wildman–Crippen LogP) is 7.35. The van der Waals surface area contributed by atoms with Gasteiger partial charge in [-0.15, -0.1) is 11.3 Å². The van der Waals surface area contributed by atoms with Crippen molar-refractivity contribution in [3.05, 3.63) is 102 Å². The Hall–Kier alpha value is -3.62. The number of carbonyl (C=O) groups excluding carboxylic acids is 1. The number of hydrogen-bond donors (Lipinski definition) is 1. The number of alkyl halides is 3. The van der Waals surface area contributed by atoms with E-state index >= 15 is 0 Å². The highest BCUT2D eigenvalue weighted by molar-refractivity contribution is 7.19. The third-order valence-electron chi connectivity index (χ3n) is 8.51. The molecule has 0 spiro atoms. The molecule has 3 aromatic carbocycles. The molecule has 0 atom stereocenters. The van der Waals surface area contributed by atoms with E-state index in [2.05, 4.69) is 51.5 Å². The van der Waals surface area contributed by atoms with E-state index in [0.29, 0.717) is 6.42 Å². The summed E-state index contributed by atoms with van der Waals surface area (Å²) in [6.07, 6.45) is -2.41. The van der Waals surface area contributed by atoms with Crippen molar-refractivity contribution in [2.45, 2.75) is 30.9 Å². The number of thiophene rings is 1. The Kier molecular flexibility index (Phi) is 8.10. The van der Waals surface area contributed by atoms with Gasteiger partial charge in [-0.25, -0.2) is 0 Å². The summed E-state index contributed by atoms with van der Waals surface area (Å²) in [6.45, 7) is 3.40. The van der Waals surface area contributed by atoms with Crippen LogP contribution in [-0.4, -0.2) is 56.3 Å². The Labute approximate surface area is 248 Å². The molecular weight excluding hydrogens is 555 g/mol. The van der Waals surface area contributed by atoms with Gasteiger partial charge in [0.15, 0.2) is 0 Å². The largest absolute Gasteiger partial charge is 0.405 e. The highest BCUT2D eigenvalue weighted by Gasteiger charge is 2.49. The number of anilines is 1. The summed E-state index contributed by atoms with van der Waals surface area (Å²) in [5.41, 5.74) is 3.55. The molecule has 1 fully saturated rings. The molecular formula is C34H34F3N3OS. The Balaban J connectivity index is 1.09. The number of rotatable bonds is 9. The molecule has 1 aliphatic carbocycles. The van der Waals surface area contributed by atoms with Crippen molar-refractivity contribution in [3.8, 4) is 21.6 Å². The maximum Gasteiger partial charge on any atom is 0.405 e. The number of piperazine rings is 1. The number of unbranched alkanes of at least 4 members (excludes halogenated alkanes) is 1. The van der Waals surface area contributed by atoms with Crippen LogP contribution in [0.4, 0.5) is 18.2 Å². The smallest absolute Gasteiger partial charge is 0.361 e. The van der Waals surface area contributed by atoms with Gasteiger partial charge in [-0.1, -0.05) is 85.3 Å². The van der Waals surface area contributed by atoms with Crippen molar-refractivity contribution in [3.63, 3.8) is 0 Å². The number of nitrogens with one attached hydrogen (secondary N) is 1. The second-order valence-corrected chi connectivity index (χ2v) is 12.1. The lowest BCUT2D eigenvalue weighted by Crippen LogP contribution is -2.47. The molecule has 0 unspecified atom stereocenters. The topological polar surface area (TPSA) is 35.6 Å². The maximum absolute atomic E-state index is 13.7. The molecule has 1 aromatic heterocycles. The molecule has 2 aliphatic rings. The minimum atomic E-state index is -4.47. The quantitative estimate of drug-likeness (QED) is 0.207. The number of nitrogens with zero attached hydrogens (tertiary/aromatic N) is 2. The van der Waals surface area contributed by atoms with E-state index in [9.17, 15) is 18.0 Å². The van der Waals surface area contributed by atoms with Gasteiger partial charge in [0.25, 0.3) is 0 Å². The zero-order valence-electron chi connectivity index (χ0n) is 23.4. The first kappa shape index (κ1) is 28.5. The van der Waals surface area contributed by atoms with E-state index in [1.165, 1.54) is 15.4 Å². The van der Waals surface area contributed by atoms with Crippen LogP contribution in [0.25, 0.3) is 21.6 Å². The van der Waals surface area contributed by atoms with Crippen LogP contribution in [0.5, 0.6) is 0 Å². The van der Waals surface area contributed by atoms with Gasteiger partial charge in [0.05, 0.1) is 5.00 Å². The summed E-state index contributed by atoms with van der Waals surface area (Å²) in [4.78, 5) is 19.8. The molecule has 1 amide bonds. The van der Waals surface area contributed by atoms with Crippen LogP contribution in [-0.2, 0) is 10.2 Å². The third-order valence-corrected chi connectivity index (χ3v) is 9.71. The lowest BCUT2D eigenvalue weighted by atomic mass is 9.73. The summed E-state index contributed by atoms with van der Waals surface area (Å²) in [7, 11) is 0. The molecule has 8 heteroatoms. The van der Waals surface area contributed by atoms with E-state index < -0.39 is 24.0 Å². The molecule has 2 heterocycles. The Morgan fingerprint density at radius 3 is 2.05 bits per heavy atom. The molecule has 42 heavy (non-hydrogen) atoms. The summed E-state index contributed by atoms with van der Waals surface area (Å²) < 4.78 is 39.4. The van der Waals surface area contributed by atoms with Gasteiger partial charge >= 0.3 is 6.18 Å². The lowest BCUT2D eigenvalue weighted by molar-refractivity contribution is -0.141. The molecule has 1 aliphatic heterocycles. The Morgan fingerprint density at radius 1 is 0.786 bits per heavy atom. The standard InChI is InChI=1S/C34H34F3N3OS/c35-34(36,37)24-38-32(41)33(28-14-6-4-12-26(28)27-13-5-7-15-29(27)33)18-8-9-19-39-20-22-40(23-21-39)31-17-16-30(42-31)25-10-2-1-3-11-25/h1-7,10-17H,8-9,18-24H2,(H,38,41). The summed E-state index contributed by atoms with van der Waals surface area (Å²) in [5, 5.41) is 3.52. The fourth-order valence-electron chi connectivity index (χ4n) is 6.46. The molecule has 0 bridgehead atoms. The highest BCUT2D eigenvalue weighted by Crippen LogP contribution is 2.51. The second-order valence-electron chi connectivity index (χ2n) is 11.1. The van der Waals surface area contributed by atoms with E-state index in [4.69, 9.17) is 0 Å². The van der Waals surface area contributed by atoms with Gasteiger partial charge in [-0.2, -0.15) is 13.2 Å². The van der Waals surface area contributed by atoms with Crippen molar-refractivity contribution in [2.24, 2.45) is 0 Å². The van der Waals surface area contributed by atoms with Crippen molar-refractivity contribution in [1.29, 1.82) is 0 Å². The van der Waals surface area contributed by atoms with Crippen molar-refractivity contribution in [2.75, 3.05) is 44.2 Å². The van der Waals surface area contributed by atoms with Crippen LogP contribution < -0.4 is 10.2 Å². The van der Waals surface area contributed by atoms with E-state index in [1.54, 1.807) is 0 Å². The first-order chi connectivity index (χ1) is 20.3.